The van der Waals surface area contributed by atoms with E-state index in [1.165, 1.54) is 11.3 Å². The minimum atomic E-state index is -0.218. The normalized spacial score (nSPS) is 14.1. The van der Waals surface area contributed by atoms with Crippen LogP contribution < -0.4 is 5.32 Å². The number of ether oxygens (including phenoxy) is 1. The summed E-state index contributed by atoms with van der Waals surface area (Å²) in [7, 11) is 1.58. The summed E-state index contributed by atoms with van der Waals surface area (Å²) in [5, 5.41) is 3.29. The number of hydrogen-bond acceptors (Lipinski definition) is 5. The number of hydrogen-bond donors (Lipinski definition) is 1. The van der Waals surface area contributed by atoms with E-state index in [1.807, 2.05) is 6.92 Å². The molecule has 0 aromatic carbocycles. The summed E-state index contributed by atoms with van der Waals surface area (Å²) >= 11 is 1.42. The van der Waals surface area contributed by atoms with Gasteiger partial charge < -0.3 is 15.0 Å². The lowest BCUT2D eigenvalue weighted by molar-refractivity contribution is -0.136. The van der Waals surface area contributed by atoms with E-state index in [0.29, 0.717) is 18.3 Å². The van der Waals surface area contributed by atoms with Crippen molar-refractivity contribution in [1.29, 1.82) is 0 Å². The summed E-state index contributed by atoms with van der Waals surface area (Å²) in [6, 6.07) is 0. The number of nitrogens with one attached hydrogen (secondary N) is 1. The Morgan fingerprint density at radius 2 is 2.30 bits per heavy atom. The smallest absolute Gasteiger partial charge is 0.245 e. The standard InChI is InChI=1S/C13H19N3O3S/c1-9-7-14-13(20-9)15-11(17)8-16(5-6-19-2)12(18)10-3-4-10/h7,10H,3-6,8H2,1-2H3,(H,14,15,17). The van der Waals surface area contributed by atoms with Crippen molar-refractivity contribution in [2.45, 2.75) is 19.8 Å². The predicted molar refractivity (Wildman–Crippen MR) is 76.7 cm³/mol. The van der Waals surface area contributed by atoms with Gasteiger partial charge in [-0.3, -0.25) is 9.59 Å². The summed E-state index contributed by atoms with van der Waals surface area (Å²) in [5.41, 5.74) is 0. The van der Waals surface area contributed by atoms with Crippen molar-refractivity contribution in [3.8, 4) is 0 Å². The van der Waals surface area contributed by atoms with E-state index in [0.717, 1.165) is 17.7 Å². The molecule has 7 heteroatoms. The van der Waals surface area contributed by atoms with E-state index in [4.69, 9.17) is 4.74 Å². The molecule has 1 aromatic heterocycles. The van der Waals surface area contributed by atoms with Crippen LogP contribution in [0.1, 0.15) is 17.7 Å². The molecule has 0 saturated heterocycles. The van der Waals surface area contributed by atoms with Crippen molar-refractivity contribution < 1.29 is 14.3 Å². The Labute approximate surface area is 122 Å². The van der Waals surface area contributed by atoms with Crippen molar-refractivity contribution in [1.82, 2.24) is 9.88 Å². The molecule has 0 unspecified atom stereocenters. The van der Waals surface area contributed by atoms with Crippen LogP contribution in [-0.4, -0.2) is 48.5 Å². The molecule has 0 atom stereocenters. The van der Waals surface area contributed by atoms with E-state index in [1.54, 1.807) is 18.2 Å². The second-order valence-electron chi connectivity index (χ2n) is 4.85. The third kappa shape index (κ3) is 4.28. The summed E-state index contributed by atoms with van der Waals surface area (Å²) < 4.78 is 4.99. The largest absolute Gasteiger partial charge is 0.383 e. The first-order valence-corrected chi connectivity index (χ1v) is 7.42. The number of aryl methyl sites for hydroxylation is 1. The lowest BCUT2D eigenvalue weighted by Gasteiger charge is -2.21. The number of aromatic nitrogens is 1. The van der Waals surface area contributed by atoms with Crippen LogP contribution in [0.2, 0.25) is 0 Å². The van der Waals surface area contributed by atoms with E-state index in [2.05, 4.69) is 10.3 Å². The average Bonchev–Trinajstić information content (AvgIpc) is 3.18. The Morgan fingerprint density at radius 1 is 1.55 bits per heavy atom. The van der Waals surface area contributed by atoms with E-state index < -0.39 is 0 Å². The minimum absolute atomic E-state index is 0.0486. The van der Waals surface area contributed by atoms with Gasteiger partial charge in [-0.05, 0) is 19.8 Å². The Hall–Kier alpha value is -1.47. The molecule has 0 radical (unpaired) electrons. The highest BCUT2D eigenvalue weighted by atomic mass is 32.1. The Balaban J connectivity index is 1.88. The first-order chi connectivity index (χ1) is 9.60. The number of methoxy groups -OCH3 is 1. The van der Waals surface area contributed by atoms with Gasteiger partial charge in [-0.25, -0.2) is 4.98 Å². The SMILES string of the molecule is COCCN(CC(=O)Nc1ncc(C)s1)C(=O)C1CC1. The summed E-state index contributed by atoms with van der Waals surface area (Å²) in [6.07, 6.45) is 3.56. The van der Waals surface area contributed by atoms with Crippen LogP contribution in [-0.2, 0) is 14.3 Å². The Bertz CT molecular complexity index is 485. The Morgan fingerprint density at radius 3 is 2.85 bits per heavy atom. The fourth-order valence-corrected chi connectivity index (χ4v) is 2.48. The van der Waals surface area contributed by atoms with Gasteiger partial charge in [-0.2, -0.15) is 0 Å². The molecular weight excluding hydrogens is 278 g/mol. The fourth-order valence-electron chi connectivity index (χ4n) is 1.80. The van der Waals surface area contributed by atoms with E-state index in [-0.39, 0.29) is 24.3 Å². The molecule has 2 rings (SSSR count). The third-order valence-electron chi connectivity index (χ3n) is 3.01. The van der Waals surface area contributed by atoms with Gasteiger partial charge in [-0.15, -0.1) is 11.3 Å². The van der Waals surface area contributed by atoms with Crippen LogP contribution in [0.5, 0.6) is 0 Å². The van der Waals surface area contributed by atoms with Crippen molar-refractivity contribution in [2.75, 3.05) is 32.1 Å². The van der Waals surface area contributed by atoms with Gasteiger partial charge in [0.15, 0.2) is 5.13 Å². The zero-order valence-electron chi connectivity index (χ0n) is 11.7. The molecule has 20 heavy (non-hydrogen) atoms. The highest BCUT2D eigenvalue weighted by Crippen LogP contribution is 2.30. The summed E-state index contributed by atoms with van der Waals surface area (Å²) in [5.74, 6) is -0.0706. The molecule has 1 heterocycles. The maximum Gasteiger partial charge on any atom is 0.245 e. The molecule has 1 saturated carbocycles. The van der Waals surface area contributed by atoms with E-state index >= 15 is 0 Å². The Kier molecular flexibility index (Phi) is 5.08. The lowest BCUT2D eigenvalue weighted by Crippen LogP contribution is -2.40. The molecule has 6 nitrogen and oxygen atoms in total. The van der Waals surface area contributed by atoms with Crippen molar-refractivity contribution in [3.63, 3.8) is 0 Å². The second-order valence-corrected chi connectivity index (χ2v) is 6.09. The van der Waals surface area contributed by atoms with Gasteiger partial charge in [0.2, 0.25) is 11.8 Å². The minimum Gasteiger partial charge on any atom is -0.383 e. The molecule has 1 aliphatic carbocycles. The quantitative estimate of drug-likeness (QED) is 0.823. The van der Waals surface area contributed by atoms with Crippen LogP contribution in [0.15, 0.2) is 6.20 Å². The molecule has 0 spiro atoms. The van der Waals surface area contributed by atoms with Crippen molar-refractivity contribution in [2.24, 2.45) is 5.92 Å². The molecule has 0 bridgehead atoms. The van der Waals surface area contributed by atoms with Gasteiger partial charge in [0.25, 0.3) is 0 Å². The zero-order valence-corrected chi connectivity index (χ0v) is 12.5. The first-order valence-electron chi connectivity index (χ1n) is 6.60. The number of rotatable bonds is 7. The van der Waals surface area contributed by atoms with Crippen LogP contribution in [0, 0.1) is 12.8 Å². The molecule has 0 aliphatic heterocycles. The predicted octanol–water partition coefficient (Wildman–Crippen LogP) is 1.28. The molecular formula is C13H19N3O3S. The number of carbonyl (C=O) groups excluding carboxylic acids is 2. The van der Waals surface area contributed by atoms with Crippen molar-refractivity contribution >= 4 is 28.3 Å². The van der Waals surface area contributed by atoms with Crippen LogP contribution in [0.25, 0.3) is 0 Å². The third-order valence-corrected chi connectivity index (χ3v) is 3.83. The van der Waals surface area contributed by atoms with Crippen LogP contribution >= 0.6 is 11.3 Å². The molecule has 1 N–H and O–H groups in total. The average molecular weight is 297 g/mol. The molecule has 110 valence electrons. The van der Waals surface area contributed by atoms with Gasteiger partial charge >= 0.3 is 0 Å². The lowest BCUT2D eigenvalue weighted by atomic mass is 10.3. The number of nitrogens with zero attached hydrogens (tertiary/aromatic N) is 2. The molecule has 1 aliphatic rings. The number of thiazole rings is 1. The number of anilines is 1. The first kappa shape index (κ1) is 14.9. The number of amides is 2. The summed E-state index contributed by atoms with van der Waals surface area (Å²) in [6.45, 7) is 2.85. The maximum atomic E-state index is 12.1. The highest BCUT2D eigenvalue weighted by Gasteiger charge is 2.34. The number of carbonyl (C=O) groups is 2. The van der Waals surface area contributed by atoms with E-state index in [9.17, 15) is 9.59 Å². The fraction of sp³-hybridized carbons (Fsp3) is 0.615. The zero-order chi connectivity index (χ0) is 14.5. The molecule has 1 aromatic rings. The van der Waals surface area contributed by atoms with Crippen LogP contribution in [0.4, 0.5) is 5.13 Å². The highest BCUT2D eigenvalue weighted by molar-refractivity contribution is 7.15. The van der Waals surface area contributed by atoms with Crippen LogP contribution in [0.3, 0.4) is 0 Å². The topological polar surface area (TPSA) is 71.5 Å². The molecule has 1 fully saturated rings. The van der Waals surface area contributed by atoms with Gasteiger partial charge in [0, 0.05) is 30.6 Å². The van der Waals surface area contributed by atoms with Crippen molar-refractivity contribution in [3.05, 3.63) is 11.1 Å². The monoisotopic (exact) mass is 297 g/mol. The van der Waals surface area contributed by atoms with Gasteiger partial charge in [0.1, 0.15) is 6.54 Å². The van der Waals surface area contributed by atoms with Gasteiger partial charge in [0.05, 0.1) is 6.61 Å². The maximum absolute atomic E-state index is 12.1. The molecule has 2 amide bonds. The second kappa shape index (κ2) is 6.81. The van der Waals surface area contributed by atoms with Gasteiger partial charge in [-0.1, -0.05) is 0 Å². The summed E-state index contributed by atoms with van der Waals surface area (Å²) in [4.78, 5) is 30.7.